The Morgan fingerprint density at radius 3 is 1.82 bits per heavy atom. The van der Waals surface area contributed by atoms with Crippen LogP contribution in [0, 0.1) is 17.5 Å². The molecule has 0 N–H and O–H groups in total. The Balaban J connectivity index is 1.38. The van der Waals surface area contributed by atoms with Gasteiger partial charge >= 0.3 is 6.18 Å². The number of pyridine rings is 1. The Kier molecular flexibility index (Phi) is 6.27. The summed E-state index contributed by atoms with van der Waals surface area (Å²) in [4.78, 5) is 3.64. The summed E-state index contributed by atoms with van der Waals surface area (Å²) in [5.74, 6) is -1.26. The predicted octanol–water partition coefficient (Wildman–Crippen LogP) is 12.7. The van der Waals surface area contributed by atoms with Gasteiger partial charge in [0.15, 0.2) is 0 Å². The fourth-order valence-corrected chi connectivity index (χ4v) is 7.40. The van der Waals surface area contributed by atoms with Crippen molar-refractivity contribution in [1.29, 1.82) is 0 Å². The lowest BCUT2D eigenvalue weighted by molar-refractivity contribution is -0.141. The highest BCUT2D eigenvalue weighted by molar-refractivity contribution is 6.30. The fraction of sp³-hybridized carbons (Fsp3) is 0.0238. The first kappa shape index (κ1) is 29.2. The van der Waals surface area contributed by atoms with Crippen molar-refractivity contribution in [2.75, 3.05) is 0 Å². The van der Waals surface area contributed by atoms with Gasteiger partial charge in [-0.1, -0.05) is 84.9 Å². The van der Waals surface area contributed by atoms with Crippen molar-refractivity contribution in [2.45, 2.75) is 6.18 Å². The van der Waals surface area contributed by atoms with Crippen LogP contribution in [0.2, 0.25) is 0 Å². The number of benzene rings is 8. The molecule has 0 radical (unpaired) electrons. The number of rotatable bonds is 3. The van der Waals surface area contributed by atoms with Crippen molar-refractivity contribution in [1.82, 2.24) is 4.98 Å². The van der Waals surface area contributed by atoms with Crippen LogP contribution in [0.25, 0.3) is 87.2 Å². The molecule has 49 heavy (non-hydrogen) atoms. The van der Waals surface area contributed by atoms with E-state index in [-0.39, 0.29) is 5.82 Å². The van der Waals surface area contributed by atoms with Gasteiger partial charge in [0.25, 0.3) is 0 Å². The van der Waals surface area contributed by atoms with E-state index < -0.39 is 23.5 Å². The normalized spacial score (nSPS) is 12.3. The zero-order valence-electron chi connectivity index (χ0n) is 25.3. The number of aromatic nitrogens is 1. The molecule has 0 saturated heterocycles. The smallest absolute Gasteiger partial charge is 0.251 e. The highest BCUT2D eigenvalue weighted by Crippen LogP contribution is 2.48. The van der Waals surface area contributed by atoms with Crippen LogP contribution in [0.3, 0.4) is 0 Å². The van der Waals surface area contributed by atoms with Crippen LogP contribution in [0.1, 0.15) is 5.69 Å². The van der Waals surface area contributed by atoms with Gasteiger partial charge < -0.3 is 0 Å². The quantitative estimate of drug-likeness (QED) is 0.105. The molecule has 0 unspecified atom stereocenters. The number of fused-ring (bicyclic) bond motifs is 2. The fourth-order valence-electron chi connectivity index (χ4n) is 7.40. The summed E-state index contributed by atoms with van der Waals surface area (Å²) in [7, 11) is 0. The molecular weight excluding hydrogens is 632 g/mol. The summed E-state index contributed by atoms with van der Waals surface area (Å²) in [5, 5.41) is 7.16. The standard InChI is InChI=1S/C42H21F6N/c43-25-10-5-22(6-11-25)38-28-3-1-2-4-29(28)40(32-15-12-26(44)19-34(32)38)30-16-17-33-36(45)20-35-27(24-9-18-37(49-21-24)42(46,47)48)13-7-23-8-14-31(30)41(33)39(23)35/h1-21H. The minimum Gasteiger partial charge on any atom is -0.251 e. The van der Waals surface area contributed by atoms with E-state index >= 15 is 4.39 Å². The topological polar surface area (TPSA) is 12.9 Å². The van der Waals surface area contributed by atoms with Crippen LogP contribution >= 0.6 is 0 Å². The van der Waals surface area contributed by atoms with Crippen LogP contribution < -0.4 is 0 Å². The summed E-state index contributed by atoms with van der Waals surface area (Å²) in [6.45, 7) is 0. The maximum Gasteiger partial charge on any atom is 0.433 e. The highest BCUT2D eigenvalue weighted by atomic mass is 19.4. The average molecular weight is 654 g/mol. The molecule has 0 bridgehead atoms. The molecule has 9 rings (SSSR count). The Hall–Kier alpha value is -5.95. The second-order valence-electron chi connectivity index (χ2n) is 12.2. The summed E-state index contributed by atoms with van der Waals surface area (Å²) in [5.41, 5.74) is 3.14. The molecule has 1 nitrogen and oxygen atoms in total. The van der Waals surface area contributed by atoms with Crippen LogP contribution in [-0.2, 0) is 6.18 Å². The molecule has 8 aromatic carbocycles. The molecule has 0 amide bonds. The van der Waals surface area contributed by atoms with E-state index in [0.717, 1.165) is 60.6 Å². The van der Waals surface area contributed by atoms with Gasteiger partial charge in [-0.3, -0.25) is 4.98 Å². The Morgan fingerprint density at radius 1 is 0.449 bits per heavy atom. The molecule has 0 atom stereocenters. The summed E-state index contributed by atoms with van der Waals surface area (Å²) in [6, 6.07) is 33.5. The zero-order chi connectivity index (χ0) is 33.6. The minimum atomic E-state index is -4.58. The molecule has 1 aromatic heterocycles. The van der Waals surface area contributed by atoms with E-state index in [1.807, 2.05) is 48.5 Å². The summed E-state index contributed by atoms with van der Waals surface area (Å²) >= 11 is 0. The summed E-state index contributed by atoms with van der Waals surface area (Å²) < 4.78 is 84.9. The SMILES string of the molecule is Fc1ccc(-c2c3ccccc3c(-c3ccc4c(F)cc5c(-c6ccc(C(F)(F)F)nc6)ccc6ccc3c4c65)c3ccc(F)cc23)cc1. The van der Waals surface area contributed by atoms with Gasteiger partial charge in [0, 0.05) is 22.5 Å². The molecule has 0 saturated carbocycles. The lowest BCUT2D eigenvalue weighted by atomic mass is 9.82. The first-order valence-corrected chi connectivity index (χ1v) is 15.5. The van der Waals surface area contributed by atoms with E-state index in [1.165, 1.54) is 42.6 Å². The maximum absolute atomic E-state index is 16.1. The van der Waals surface area contributed by atoms with Gasteiger partial charge in [-0.2, -0.15) is 13.2 Å². The molecular formula is C42H21F6N. The van der Waals surface area contributed by atoms with E-state index in [0.29, 0.717) is 32.7 Å². The number of alkyl halides is 3. The van der Waals surface area contributed by atoms with Gasteiger partial charge in [0.2, 0.25) is 0 Å². The molecule has 0 fully saturated rings. The van der Waals surface area contributed by atoms with E-state index in [2.05, 4.69) is 4.98 Å². The van der Waals surface area contributed by atoms with Crippen LogP contribution in [0.4, 0.5) is 26.3 Å². The third-order valence-electron chi connectivity index (χ3n) is 9.48. The largest absolute Gasteiger partial charge is 0.433 e. The lowest BCUT2D eigenvalue weighted by Gasteiger charge is -2.21. The van der Waals surface area contributed by atoms with Crippen LogP contribution in [0.15, 0.2) is 128 Å². The van der Waals surface area contributed by atoms with E-state index in [1.54, 1.807) is 30.3 Å². The second-order valence-corrected chi connectivity index (χ2v) is 12.2. The molecule has 0 aliphatic heterocycles. The lowest BCUT2D eigenvalue weighted by Crippen LogP contribution is -2.07. The third-order valence-corrected chi connectivity index (χ3v) is 9.48. The van der Waals surface area contributed by atoms with Crippen LogP contribution in [-0.4, -0.2) is 4.98 Å². The Morgan fingerprint density at radius 2 is 1.08 bits per heavy atom. The van der Waals surface area contributed by atoms with Crippen LogP contribution in [0.5, 0.6) is 0 Å². The van der Waals surface area contributed by atoms with Crippen molar-refractivity contribution < 1.29 is 26.3 Å². The Labute approximate surface area is 275 Å². The number of nitrogens with zero attached hydrogens (tertiary/aromatic N) is 1. The Bertz CT molecular complexity index is 2770. The van der Waals surface area contributed by atoms with Crippen molar-refractivity contribution in [3.63, 3.8) is 0 Å². The monoisotopic (exact) mass is 653 g/mol. The van der Waals surface area contributed by atoms with Crippen molar-refractivity contribution in [3.05, 3.63) is 151 Å². The highest BCUT2D eigenvalue weighted by Gasteiger charge is 2.32. The molecule has 1 heterocycles. The number of halogens is 6. The zero-order valence-corrected chi connectivity index (χ0v) is 25.3. The van der Waals surface area contributed by atoms with Gasteiger partial charge in [0.1, 0.15) is 23.1 Å². The van der Waals surface area contributed by atoms with Gasteiger partial charge in [-0.25, -0.2) is 13.2 Å². The molecule has 0 spiro atoms. The van der Waals surface area contributed by atoms with Crippen molar-refractivity contribution in [2.24, 2.45) is 0 Å². The molecule has 7 heteroatoms. The second kappa shape index (κ2) is 10.5. The average Bonchev–Trinajstić information content (AvgIpc) is 3.10. The van der Waals surface area contributed by atoms with Crippen molar-refractivity contribution in [3.8, 4) is 33.4 Å². The first-order valence-electron chi connectivity index (χ1n) is 15.5. The minimum absolute atomic E-state index is 0.376. The van der Waals surface area contributed by atoms with Crippen molar-refractivity contribution >= 4 is 53.9 Å². The third kappa shape index (κ3) is 4.45. The van der Waals surface area contributed by atoms with Gasteiger partial charge in [-0.15, -0.1) is 0 Å². The first-order chi connectivity index (χ1) is 23.7. The molecule has 9 aromatic rings. The molecule has 0 aliphatic rings. The molecule has 236 valence electrons. The number of hydrogen-bond acceptors (Lipinski definition) is 1. The number of hydrogen-bond donors (Lipinski definition) is 0. The molecule has 0 aliphatic carbocycles. The van der Waals surface area contributed by atoms with Gasteiger partial charge in [0.05, 0.1) is 0 Å². The van der Waals surface area contributed by atoms with E-state index in [4.69, 9.17) is 0 Å². The predicted molar refractivity (Wildman–Crippen MR) is 184 cm³/mol. The van der Waals surface area contributed by atoms with Gasteiger partial charge in [-0.05, 0) is 107 Å². The summed E-state index contributed by atoms with van der Waals surface area (Å²) in [6.07, 6.45) is -3.42. The maximum atomic E-state index is 16.1. The van der Waals surface area contributed by atoms with E-state index in [9.17, 15) is 22.0 Å².